The minimum Gasteiger partial charge on any atom is -0.326 e. The molecule has 0 aromatic heterocycles. The average molecular weight is 265 g/mol. The van der Waals surface area contributed by atoms with Crippen molar-refractivity contribution in [1.82, 2.24) is 0 Å². The van der Waals surface area contributed by atoms with Crippen LogP contribution in [0.5, 0.6) is 0 Å². The van der Waals surface area contributed by atoms with Crippen molar-refractivity contribution >= 4 is 11.8 Å². The number of benzene rings is 2. The Balaban J connectivity index is 2.46. The Bertz CT molecular complexity index is 514. The molecule has 0 aliphatic heterocycles. The van der Waals surface area contributed by atoms with E-state index >= 15 is 0 Å². The third kappa shape index (κ3) is 3.09. The highest BCUT2D eigenvalue weighted by Gasteiger charge is 2.11. The molecule has 2 N–H and O–H groups in total. The SMILES string of the molecule is NCc1ccc(-c2ccccc2)c(SC(F)F)c1. The maximum Gasteiger partial charge on any atom is 0.288 e. The topological polar surface area (TPSA) is 26.0 Å². The van der Waals surface area contributed by atoms with Gasteiger partial charge >= 0.3 is 0 Å². The molecule has 0 spiro atoms. The second-order valence-electron chi connectivity index (χ2n) is 3.78. The van der Waals surface area contributed by atoms with Crippen LogP contribution in [-0.2, 0) is 6.54 Å². The van der Waals surface area contributed by atoms with Gasteiger partial charge in [-0.3, -0.25) is 0 Å². The lowest BCUT2D eigenvalue weighted by molar-refractivity contribution is 0.252. The van der Waals surface area contributed by atoms with Crippen LogP contribution in [0.1, 0.15) is 5.56 Å². The Morgan fingerprint density at radius 2 is 1.78 bits per heavy atom. The first-order valence-corrected chi connectivity index (χ1v) is 6.42. The van der Waals surface area contributed by atoms with Gasteiger partial charge in [0.1, 0.15) is 0 Å². The van der Waals surface area contributed by atoms with Crippen molar-refractivity contribution in [3.8, 4) is 11.1 Å². The molecule has 0 heterocycles. The molecule has 0 saturated heterocycles. The molecule has 4 heteroatoms. The maximum absolute atomic E-state index is 12.6. The van der Waals surface area contributed by atoms with Gasteiger partial charge in [-0.2, -0.15) is 8.78 Å². The Morgan fingerprint density at radius 1 is 1.06 bits per heavy atom. The molecule has 0 aliphatic rings. The molecule has 2 aromatic rings. The van der Waals surface area contributed by atoms with Gasteiger partial charge in [-0.05, 0) is 22.8 Å². The van der Waals surface area contributed by atoms with Crippen molar-refractivity contribution in [1.29, 1.82) is 0 Å². The molecule has 0 bridgehead atoms. The highest BCUT2D eigenvalue weighted by molar-refractivity contribution is 7.99. The second kappa shape index (κ2) is 5.98. The lowest BCUT2D eigenvalue weighted by Gasteiger charge is -2.10. The quantitative estimate of drug-likeness (QED) is 0.841. The van der Waals surface area contributed by atoms with Gasteiger partial charge in [0.15, 0.2) is 0 Å². The van der Waals surface area contributed by atoms with Crippen molar-refractivity contribution in [2.24, 2.45) is 5.73 Å². The van der Waals surface area contributed by atoms with E-state index in [-0.39, 0.29) is 0 Å². The molecule has 0 radical (unpaired) electrons. The summed E-state index contributed by atoms with van der Waals surface area (Å²) >= 11 is 0.561. The van der Waals surface area contributed by atoms with Crippen LogP contribution in [0.15, 0.2) is 53.4 Å². The normalized spacial score (nSPS) is 10.9. The first-order chi connectivity index (χ1) is 8.70. The van der Waals surface area contributed by atoms with Gasteiger partial charge in [0.2, 0.25) is 0 Å². The summed E-state index contributed by atoms with van der Waals surface area (Å²) in [7, 11) is 0. The van der Waals surface area contributed by atoms with Crippen LogP contribution in [0, 0.1) is 0 Å². The summed E-state index contributed by atoms with van der Waals surface area (Å²) in [6, 6.07) is 15.0. The summed E-state index contributed by atoms with van der Waals surface area (Å²) in [6.07, 6.45) is 0. The molecule has 2 rings (SSSR count). The zero-order valence-electron chi connectivity index (χ0n) is 9.64. The van der Waals surface area contributed by atoms with E-state index in [4.69, 9.17) is 5.73 Å². The van der Waals surface area contributed by atoms with E-state index in [1.54, 1.807) is 6.07 Å². The minimum absolute atomic E-state index is 0.353. The van der Waals surface area contributed by atoms with E-state index < -0.39 is 5.76 Å². The van der Waals surface area contributed by atoms with E-state index in [2.05, 4.69) is 0 Å². The molecule has 0 aliphatic carbocycles. The van der Waals surface area contributed by atoms with Gasteiger partial charge in [-0.25, -0.2) is 0 Å². The first-order valence-electron chi connectivity index (χ1n) is 5.54. The van der Waals surface area contributed by atoms with Gasteiger partial charge in [0.25, 0.3) is 5.76 Å². The van der Waals surface area contributed by atoms with E-state index in [1.165, 1.54) is 0 Å². The molecule has 0 fully saturated rings. The molecule has 1 nitrogen and oxygen atoms in total. The zero-order valence-corrected chi connectivity index (χ0v) is 10.5. The summed E-state index contributed by atoms with van der Waals surface area (Å²) in [6.45, 7) is 0.353. The summed E-state index contributed by atoms with van der Waals surface area (Å²) in [5.41, 5.74) is 8.15. The third-order valence-corrected chi connectivity index (χ3v) is 3.35. The Morgan fingerprint density at radius 3 is 2.39 bits per heavy atom. The van der Waals surface area contributed by atoms with Crippen molar-refractivity contribution in [2.75, 3.05) is 0 Å². The number of rotatable bonds is 4. The van der Waals surface area contributed by atoms with Crippen molar-refractivity contribution in [3.05, 3.63) is 54.1 Å². The van der Waals surface area contributed by atoms with Crippen LogP contribution in [-0.4, -0.2) is 5.76 Å². The lowest BCUT2D eigenvalue weighted by atomic mass is 10.0. The number of alkyl halides is 2. The van der Waals surface area contributed by atoms with E-state index in [1.807, 2.05) is 42.5 Å². The molecule has 2 aromatic carbocycles. The number of hydrogen-bond acceptors (Lipinski definition) is 2. The molecule has 18 heavy (non-hydrogen) atoms. The molecule has 94 valence electrons. The Kier molecular flexibility index (Phi) is 4.33. The Labute approximate surface area is 109 Å². The van der Waals surface area contributed by atoms with Gasteiger partial charge in [-0.15, -0.1) is 0 Å². The lowest BCUT2D eigenvalue weighted by Crippen LogP contribution is -1.97. The van der Waals surface area contributed by atoms with E-state index in [0.717, 1.165) is 16.7 Å². The summed E-state index contributed by atoms with van der Waals surface area (Å²) in [5, 5.41) is 0. The Hall–Kier alpha value is -1.39. The van der Waals surface area contributed by atoms with Crippen LogP contribution in [0.3, 0.4) is 0 Å². The maximum atomic E-state index is 12.6. The second-order valence-corrected chi connectivity index (χ2v) is 4.81. The summed E-state index contributed by atoms with van der Waals surface area (Å²) in [5.74, 6) is -2.43. The fourth-order valence-corrected chi connectivity index (χ4v) is 2.47. The zero-order chi connectivity index (χ0) is 13.0. The summed E-state index contributed by atoms with van der Waals surface area (Å²) in [4.78, 5) is 0.569. The van der Waals surface area contributed by atoms with Crippen LogP contribution < -0.4 is 5.73 Å². The largest absolute Gasteiger partial charge is 0.326 e. The average Bonchev–Trinajstić information content (AvgIpc) is 2.39. The summed E-state index contributed by atoms with van der Waals surface area (Å²) < 4.78 is 25.2. The molecular weight excluding hydrogens is 252 g/mol. The fourth-order valence-electron chi connectivity index (χ4n) is 1.74. The third-order valence-electron chi connectivity index (χ3n) is 2.58. The van der Waals surface area contributed by atoms with Crippen LogP contribution in [0.2, 0.25) is 0 Å². The number of nitrogens with two attached hydrogens (primary N) is 1. The van der Waals surface area contributed by atoms with E-state index in [9.17, 15) is 8.78 Å². The molecule has 0 atom stereocenters. The fraction of sp³-hybridized carbons (Fsp3) is 0.143. The highest BCUT2D eigenvalue weighted by atomic mass is 32.2. The number of thioether (sulfide) groups is 1. The van der Waals surface area contributed by atoms with Crippen LogP contribution >= 0.6 is 11.8 Å². The van der Waals surface area contributed by atoms with Gasteiger partial charge in [0.05, 0.1) is 0 Å². The molecule has 0 saturated carbocycles. The predicted molar refractivity (Wildman–Crippen MR) is 71.6 cm³/mol. The van der Waals surface area contributed by atoms with Crippen molar-refractivity contribution in [3.63, 3.8) is 0 Å². The predicted octanol–water partition coefficient (Wildman–Crippen LogP) is 4.13. The monoisotopic (exact) mass is 265 g/mol. The molecular formula is C14H13F2NS. The van der Waals surface area contributed by atoms with Crippen LogP contribution in [0.4, 0.5) is 8.78 Å². The van der Waals surface area contributed by atoms with E-state index in [0.29, 0.717) is 23.2 Å². The van der Waals surface area contributed by atoms with Gasteiger partial charge in [-0.1, -0.05) is 54.2 Å². The van der Waals surface area contributed by atoms with Crippen molar-refractivity contribution < 1.29 is 8.78 Å². The molecule has 0 amide bonds. The standard InChI is InChI=1S/C14H13F2NS/c15-14(16)18-13-8-10(9-17)6-7-12(13)11-4-2-1-3-5-11/h1-8,14H,9,17H2. The number of hydrogen-bond donors (Lipinski definition) is 1. The van der Waals surface area contributed by atoms with Gasteiger partial charge in [0, 0.05) is 11.4 Å². The minimum atomic E-state index is -2.43. The van der Waals surface area contributed by atoms with Crippen molar-refractivity contribution in [2.45, 2.75) is 17.2 Å². The molecule has 0 unspecified atom stereocenters. The highest BCUT2D eigenvalue weighted by Crippen LogP contribution is 2.35. The van der Waals surface area contributed by atoms with Crippen LogP contribution in [0.25, 0.3) is 11.1 Å². The smallest absolute Gasteiger partial charge is 0.288 e. The first kappa shape index (κ1) is 13.1. The number of halogens is 2. The van der Waals surface area contributed by atoms with Gasteiger partial charge < -0.3 is 5.73 Å².